The first-order chi connectivity index (χ1) is 8.42. The lowest BCUT2D eigenvalue weighted by Gasteiger charge is -2.10. The van der Waals surface area contributed by atoms with E-state index in [0.717, 1.165) is 23.8 Å². The van der Waals surface area contributed by atoms with E-state index in [4.69, 9.17) is 0 Å². The molecule has 0 aromatic carbocycles. The van der Waals surface area contributed by atoms with Gasteiger partial charge in [0, 0.05) is 18.9 Å². The molecule has 1 fully saturated rings. The maximum absolute atomic E-state index is 4.44. The van der Waals surface area contributed by atoms with Crippen molar-refractivity contribution in [2.45, 2.75) is 6.42 Å². The number of fused-ring (bicyclic) bond motifs is 1. The van der Waals surface area contributed by atoms with Gasteiger partial charge in [-0.2, -0.15) is 11.8 Å². The van der Waals surface area contributed by atoms with Crippen molar-refractivity contribution in [1.29, 1.82) is 0 Å². The van der Waals surface area contributed by atoms with Crippen molar-refractivity contribution < 1.29 is 0 Å². The molecule has 0 aliphatic carbocycles. The number of hydrogen-bond acceptors (Lipinski definition) is 5. The molecule has 2 aromatic heterocycles. The summed E-state index contributed by atoms with van der Waals surface area (Å²) >= 11 is 2.04. The summed E-state index contributed by atoms with van der Waals surface area (Å²) in [5.41, 5.74) is 1.55. The molecule has 2 aromatic rings. The van der Waals surface area contributed by atoms with Crippen molar-refractivity contribution in [2.75, 3.05) is 23.4 Å². The van der Waals surface area contributed by atoms with Crippen molar-refractivity contribution in [1.82, 2.24) is 15.0 Å². The maximum Gasteiger partial charge on any atom is 0.180 e. The Kier molecular flexibility index (Phi) is 3.09. The summed E-state index contributed by atoms with van der Waals surface area (Å²) in [7, 11) is 0. The number of aromatic nitrogens is 3. The fourth-order valence-electron chi connectivity index (χ4n) is 1.95. The molecule has 3 rings (SSSR count). The van der Waals surface area contributed by atoms with Gasteiger partial charge < -0.3 is 5.32 Å². The molecule has 1 aliphatic heterocycles. The van der Waals surface area contributed by atoms with Crippen molar-refractivity contribution in [2.24, 2.45) is 5.92 Å². The third-order valence-electron chi connectivity index (χ3n) is 2.93. The van der Waals surface area contributed by atoms with Gasteiger partial charge in [-0.05, 0) is 36.0 Å². The average Bonchev–Trinajstić information content (AvgIpc) is 2.89. The molecule has 0 amide bonds. The van der Waals surface area contributed by atoms with Gasteiger partial charge in [0.1, 0.15) is 11.3 Å². The Bertz CT molecular complexity index is 511. The first-order valence-electron chi connectivity index (χ1n) is 5.81. The summed E-state index contributed by atoms with van der Waals surface area (Å²) in [6.45, 7) is 1.01. The first kappa shape index (κ1) is 10.8. The van der Waals surface area contributed by atoms with Gasteiger partial charge in [0.15, 0.2) is 5.65 Å². The summed E-state index contributed by atoms with van der Waals surface area (Å²) in [6, 6.07) is 3.93. The largest absolute Gasteiger partial charge is 0.370 e. The molecule has 1 saturated heterocycles. The lowest BCUT2D eigenvalue weighted by atomic mass is 10.1. The molecule has 1 atom stereocenters. The van der Waals surface area contributed by atoms with Crippen LogP contribution in [0.4, 0.5) is 5.82 Å². The van der Waals surface area contributed by atoms with E-state index < -0.39 is 0 Å². The summed E-state index contributed by atoms with van der Waals surface area (Å²) in [5, 5.41) is 3.39. The fourth-order valence-corrected chi connectivity index (χ4v) is 3.23. The van der Waals surface area contributed by atoms with Crippen LogP contribution in [0.3, 0.4) is 0 Å². The predicted molar refractivity (Wildman–Crippen MR) is 71.3 cm³/mol. The normalized spacial score (nSPS) is 19.6. The van der Waals surface area contributed by atoms with Crippen molar-refractivity contribution >= 4 is 28.7 Å². The molecule has 1 N–H and O–H groups in total. The van der Waals surface area contributed by atoms with E-state index in [2.05, 4.69) is 20.3 Å². The fraction of sp³-hybridized carbons (Fsp3) is 0.417. The number of nitrogens with zero attached hydrogens (tertiary/aromatic N) is 3. The van der Waals surface area contributed by atoms with Crippen LogP contribution in [0.2, 0.25) is 0 Å². The molecule has 0 spiro atoms. The van der Waals surface area contributed by atoms with Gasteiger partial charge >= 0.3 is 0 Å². The lowest BCUT2D eigenvalue weighted by molar-refractivity contribution is 0.630. The van der Waals surface area contributed by atoms with E-state index in [0.29, 0.717) is 5.65 Å². The third-order valence-corrected chi connectivity index (χ3v) is 4.16. The Labute approximate surface area is 104 Å². The Hall–Kier alpha value is -1.36. The molecular formula is C12H14N4S. The smallest absolute Gasteiger partial charge is 0.180 e. The topological polar surface area (TPSA) is 50.7 Å². The summed E-state index contributed by atoms with van der Waals surface area (Å²) in [5.74, 6) is 4.23. The van der Waals surface area contributed by atoms with E-state index in [-0.39, 0.29) is 0 Å². The lowest BCUT2D eigenvalue weighted by Crippen LogP contribution is -2.14. The van der Waals surface area contributed by atoms with Crippen LogP contribution >= 0.6 is 11.8 Å². The second-order valence-corrected chi connectivity index (χ2v) is 5.36. The highest BCUT2D eigenvalue weighted by molar-refractivity contribution is 7.99. The van der Waals surface area contributed by atoms with E-state index in [1.54, 1.807) is 12.4 Å². The second kappa shape index (κ2) is 4.87. The van der Waals surface area contributed by atoms with Crippen LogP contribution in [-0.2, 0) is 0 Å². The predicted octanol–water partition coefficient (Wildman–Crippen LogP) is 2.19. The van der Waals surface area contributed by atoms with Crippen LogP contribution in [0, 0.1) is 5.92 Å². The van der Waals surface area contributed by atoms with Gasteiger partial charge in [-0.15, -0.1) is 0 Å². The molecule has 3 heterocycles. The molecular weight excluding hydrogens is 232 g/mol. The van der Waals surface area contributed by atoms with E-state index >= 15 is 0 Å². The number of hydrogen-bond donors (Lipinski definition) is 1. The van der Waals surface area contributed by atoms with Crippen molar-refractivity contribution in [3.05, 3.63) is 24.5 Å². The van der Waals surface area contributed by atoms with Crippen LogP contribution in [0.1, 0.15) is 6.42 Å². The van der Waals surface area contributed by atoms with Gasteiger partial charge in [0.2, 0.25) is 0 Å². The molecule has 1 unspecified atom stereocenters. The van der Waals surface area contributed by atoms with Crippen LogP contribution < -0.4 is 5.32 Å². The molecule has 0 saturated carbocycles. The standard InChI is InChI=1S/C12H14N4S/c1-2-11(15-7-9-3-6-17-8-9)16-12-10(1)13-4-5-14-12/h1-2,4-5,9H,3,6-8H2,(H,14,15,16). The minimum Gasteiger partial charge on any atom is -0.370 e. The monoisotopic (exact) mass is 246 g/mol. The average molecular weight is 246 g/mol. The zero-order chi connectivity index (χ0) is 11.5. The van der Waals surface area contributed by atoms with Gasteiger partial charge in [-0.1, -0.05) is 0 Å². The molecule has 1 aliphatic rings. The maximum atomic E-state index is 4.44. The van der Waals surface area contributed by atoms with Crippen LogP contribution in [0.25, 0.3) is 11.2 Å². The number of anilines is 1. The summed E-state index contributed by atoms with van der Waals surface area (Å²) in [4.78, 5) is 12.9. The molecule has 4 nitrogen and oxygen atoms in total. The number of pyridine rings is 1. The molecule has 0 radical (unpaired) electrons. The Morgan fingerprint density at radius 3 is 3.12 bits per heavy atom. The summed E-state index contributed by atoms with van der Waals surface area (Å²) < 4.78 is 0. The van der Waals surface area contributed by atoms with Gasteiger partial charge in [0.25, 0.3) is 0 Å². The van der Waals surface area contributed by atoms with Crippen molar-refractivity contribution in [3.63, 3.8) is 0 Å². The molecule has 0 bridgehead atoms. The highest BCUT2D eigenvalue weighted by atomic mass is 32.2. The van der Waals surface area contributed by atoms with Crippen LogP contribution in [0.5, 0.6) is 0 Å². The van der Waals surface area contributed by atoms with Crippen LogP contribution in [0.15, 0.2) is 24.5 Å². The van der Waals surface area contributed by atoms with Gasteiger partial charge in [0.05, 0.1) is 0 Å². The van der Waals surface area contributed by atoms with E-state index in [1.165, 1.54) is 17.9 Å². The number of thioether (sulfide) groups is 1. The first-order valence-corrected chi connectivity index (χ1v) is 6.97. The van der Waals surface area contributed by atoms with E-state index in [1.807, 2.05) is 23.9 Å². The van der Waals surface area contributed by atoms with Crippen LogP contribution in [-0.4, -0.2) is 33.0 Å². The van der Waals surface area contributed by atoms with Crippen molar-refractivity contribution in [3.8, 4) is 0 Å². The third kappa shape index (κ3) is 2.49. The van der Waals surface area contributed by atoms with Gasteiger partial charge in [-0.3, -0.25) is 4.98 Å². The highest BCUT2D eigenvalue weighted by Gasteiger charge is 2.15. The Morgan fingerprint density at radius 2 is 2.24 bits per heavy atom. The second-order valence-electron chi connectivity index (χ2n) is 4.21. The molecule has 5 heteroatoms. The SMILES string of the molecule is c1cnc2nc(NCC3CCSC3)ccc2n1. The quantitative estimate of drug-likeness (QED) is 0.899. The molecule has 88 valence electrons. The Balaban J connectivity index is 1.72. The zero-order valence-electron chi connectivity index (χ0n) is 9.47. The Morgan fingerprint density at radius 1 is 1.29 bits per heavy atom. The van der Waals surface area contributed by atoms with E-state index in [9.17, 15) is 0 Å². The number of rotatable bonds is 3. The minimum absolute atomic E-state index is 0.707. The minimum atomic E-state index is 0.707. The number of nitrogens with one attached hydrogen (secondary N) is 1. The highest BCUT2D eigenvalue weighted by Crippen LogP contribution is 2.23. The molecule has 17 heavy (non-hydrogen) atoms. The summed E-state index contributed by atoms with van der Waals surface area (Å²) in [6.07, 6.45) is 4.67. The van der Waals surface area contributed by atoms with Gasteiger partial charge in [-0.25, -0.2) is 9.97 Å². The zero-order valence-corrected chi connectivity index (χ0v) is 10.3.